The monoisotopic (exact) mass is 306 g/mol. The lowest BCUT2D eigenvalue weighted by Crippen LogP contribution is -1.95. The van der Waals surface area contributed by atoms with Gasteiger partial charge in [0.1, 0.15) is 11.8 Å². The minimum atomic E-state index is -0.627. The van der Waals surface area contributed by atoms with Gasteiger partial charge in [0.25, 0.3) is 0 Å². The van der Waals surface area contributed by atoms with Gasteiger partial charge in [-0.05, 0) is 40.2 Å². The van der Waals surface area contributed by atoms with Crippen molar-refractivity contribution < 1.29 is 9.13 Å². The summed E-state index contributed by atoms with van der Waals surface area (Å²) in [7, 11) is 0. The summed E-state index contributed by atoms with van der Waals surface area (Å²) in [5.74, 6) is -0.246. The zero-order valence-corrected chi connectivity index (χ0v) is 10.7. The molecule has 2 aromatic rings. The van der Waals surface area contributed by atoms with Crippen LogP contribution < -0.4 is 10.5 Å². The van der Waals surface area contributed by atoms with Gasteiger partial charge in [-0.2, -0.15) is 5.26 Å². The fourth-order valence-corrected chi connectivity index (χ4v) is 1.81. The van der Waals surface area contributed by atoms with Crippen LogP contribution in [0.25, 0.3) is 0 Å². The van der Waals surface area contributed by atoms with Crippen molar-refractivity contribution in [3.05, 3.63) is 52.3 Å². The number of hydrogen-bond donors (Lipinski definition) is 1. The smallest absolute Gasteiger partial charge is 0.181 e. The van der Waals surface area contributed by atoms with Gasteiger partial charge < -0.3 is 10.5 Å². The third-order valence-electron chi connectivity index (χ3n) is 2.31. The molecule has 3 nitrogen and oxygen atoms in total. The third-order valence-corrected chi connectivity index (χ3v) is 3.08. The van der Waals surface area contributed by atoms with E-state index in [1.807, 2.05) is 6.07 Å². The van der Waals surface area contributed by atoms with Crippen LogP contribution in [-0.4, -0.2) is 0 Å². The first kappa shape index (κ1) is 12.4. The molecule has 0 radical (unpaired) electrons. The fraction of sp³-hybridized carbons (Fsp3) is 0. The maximum Gasteiger partial charge on any atom is 0.181 e. The summed E-state index contributed by atoms with van der Waals surface area (Å²) in [6, 6.07) is 11.5. The van der Waals surface area contributed by atoms with Crippen molar-refractivity contribution in [3.63, 3.8) is 0 Å². The lowest BCUT2D eigenvalue weighted by molar-refractivity contribution is 0.442. The molecular weight excluding hydrogens is 299 g/mol. The molecule has 0 heterocycles. The molecular formula is C13H8BrFN2O. The van der Waals surface area contributed by atoms with Gasteiger partial charge in [0.2, 0.25) is 0 Å². The van der Waals surface area contributed by atoms with Crippen LogP contribution in [0, 0.1) is 17.1 Å². The highest BCUT2D eigenvalue weighted by Crippen LogP contribution is 2.33. The number of nitrogen functional groups attached to an aromatic ring is 1. The number of benzene rings is 2. The molecule has 2 rings (SSSR count). The second kappa shape index (κ2) is 5.07. The molecule has 0 saturated heterocycles. The Morgan fingerprint density at radius 2 is 1.89 bits per heavy atom. The first-order chi connectivity index (χ1) is 8.63. The van der Waals surface area contributed by atoms with E-state index in [9.17, 15) is 4.39 Å². The van der Waals surface area contributed by atoms with Crippen molar-refractivity contribution in [1.29, 1.82) is 5.26 Å². The summed E-state index contributed by atoms with van der Waals surface area (Å²) >= 11 is 3.01. The van der Waals surface area contributed by atoms with Gasteiger partial charge in [0.15, 0.2) is 11.6 Å². The molecule has 0 aliphatic rings. The van der Waals surface area contributed by atoms with E-state index in [0.717, 1.165) is 0 Å². The highest BCUT2D eigenvalue weighted by molar-refractivity contribution is 9.10. The Balaban J connectivity index is 2.40. The highest BCUT2D eigenvalue weighted by atomic mass is 79.9. The van der Waals surface area contributed by atoms with Crippen LogP contribution in [0.3, 0.4) is 0 Å². The number of nitriles is 1. The van der Waals surface area contributed by atoms with Crippen LogP contribution >= 0.6 is 15.9 Å². The van der Waals surface area contributed by atoms with Crippen molar-refractivity contribution in [2.45, 2.75) is 0 Å². The maximum atomic E-state index is 13.9. The van der Waals surface area contributed by atoms with Crippen molar-refractivity contribution in [1.82, 2.24) is 0 Å². The lowest BCUT2D eigenvalue weighted by Gasteiger charge is -2.10. The Hall–Kier alpha value is -2.06. The van der Waals surface area contributed by atoms with Gasteiger partial charge in [0, 0.05) is 0 Å². The zero-order chi connectivity index (χ0) is 13.1. The number of rotatable bonds is 2. The van der Waals surface area contributed by atoms with Crippen LogP contribution in [0.5, 0.6) is 11.5 Å². The highest BCUT2D eigenvalue weighted by Gasteiger charge is 2.13. The molecule has 0 bridgehead atoms. The van der Waals surface area contributed by atoms with E-state index in [4.69, 9.17) is 15.7 Å². The molecule has 0 saturated carbocycles. The van der Waals surface area contributed by atoms with Crippen molar-refractivity contribution in [2.75, 3.05) is 5.73 Å². The molecule has 90 valence electrons. The Morgan fingerprint density at radius 1 is 1.17 bits per heavy atom. The fourth-order valence-electron chi connectivity index (χ4n) is 1.39. The minimum absolute atomic E-state index is 0.0128. The first-order valence-corrected chi connectivity index (χ1v) is 5.83. The second-order valence-corrected chi connectivity index (χ2v) is 4.28. The largest absolute Gasteiger partial charge is 0.452 e. The van der Waals surface area contributed by atoms with E-state index in [2.05, 4.69) is 15.9 Å². The molecule has 0 fully saturated rings. The van der Waals surface area contributed by atoms with E-state index >= 15 is 0 Å². The first-order valence-electron chi connectivity index (χ1n) is 5.04. The van der Waals surface area contributed by atoms with Gasteiger partial charge in [0.05, 0.1) is 15.7 Å². The molecule has 0 spiro atoms. The van der Waals surface area contributed by atoms with E-state index in [-0.39, 0.29) is 15.8 Å². The third kappa shape index (κ3) is 2.29. The quantitative estimate of drug-likeness (QED) is 0.858. The predicted octanol–water partition coefficient (Wildman–Crippen LogP) is 3.83. The van der Waals surface area contributed by atoms with Gasteiger partial charge in [-0.1, -0.05) is 12.1 Å². The average molecular weight is 307 g/mol. The van der Waals surface area contributed by atoms with Crippen LogP contribution in [0.15, 0.2) is 40.9 Å². The molecule has 0 aliphatic carbocycles. The van der Waals surface area contributed by atoms with E-state index in [0.29, 0.717) is 11.4 Å². The number of hydrogen-bond acceptors (Lipinski definition) is 3. The molecule has 2 N–H and O–H groups in total. The summed E-state index contributed by atoms with van der Waals surface area (Å²) < 4.78 is 19.4. The van der Waals surface area contributed by atoms with E-state index < -0.39 is 5.82 Å². The van der Waals surface area contributed by atoms with Gasteiger partial charge in [-0.3, -0.25) is 0 Å². The molecule has 2 aromatic carbocycles. The number of nitrogens with zero attached hydrogens (tertiary/aromatic N) is 1. The normalized spacial score (nSPS) is 9.83. The number of nitrogens with two attached hydrogens (primary N) is 1. The summed E-state index contributed by atoms with van der Waals surface area (Å²) in [6.45, 7) is 0. The lowest BCUT2D eigenvalue weighted by atomic mass is 10.2. The Labute approximate surface area is 112 Å². The summed E-state index contributed by atoms with van der Waals surface area (Å²) in [4.78, 5) is 0. The summed E-state index contributed by atoms with van der Waals surface area (Å²) in [6.07, 6.45) is 0. The van der Waals surface area contributed by atoms with Crippen LogP contribution in [0.2, 0.25) is 0 Å². The van der Waals surface area contributed by atoms with Crippen molar-refractivity contribution >= 4 is 21.6 Å². The molecule has 0 aromatic heterocycles. The standard InChI is InChI=1S/C13H8BrFN2O/c14-12-8(7-16)5-6-11(13(12)15)18-10-4-2-1-3-9(10)17/h1-6H,17H2. The number of para-hydroxylation sites is 2. The van der Waals surface area contributed by atoms with Gasteiger partial charge in [-0.25, -0.2) is 4.39 Å². The topological polar surface area (TPSA) is 59.0 Å². The maximum absolute atomic E-state index is 13.9. The SMILES string of the molecule is N#Cc1ccc(Oc2ccccc2N)c(F)c1Br. The van der Waals surface area contributed by atoms with Crippen molar-refractivity contribution in [3.8, 4) is 17.6 Å². The number of ether oxygens (including phenoxy) is 1. The summed E-state index contributed by atoms with van der Waals surface area (Å²) in [5.41, 5.74) is 6.32. The molecule has 0 amide bonds. The zero-order valence-electron chi connectivity index (χ0n) is 9.15. The van der Waals surface area contributed by atoms with Crippen molar-refractivity contribution in [2.24, 2.45) is 0 Å². The van der Waals surface area contributed by atoms with Gasteiger partial charge >= 0.3 is 0 Å². The molecule has 5 heteroatoms. The van der Waals surface area contributed by atoms with E-state index in [1.54, 1.807) is 24.3 Å². The molecule has 0 atom stereocenters. The summed E-state index contributed by atoms with van der Waals surface area (Å²) in [5, 5.41) is 8.76. The van der Waals surface area contributed by atoms with Crippen LogP contribution in [0.4, 0.5) is 10.1 Å². The minimum Gasteiger partial charge on any atom is -0.452 e. The van der Waals surface area contributed by atoms with E-state index in [1.165, 1.54) is 12.1 Å². The predicted molar refractivity (Wildman–Crippen MR) is 69.7 cm³/mol. The molecule has 18 heavy (non-hydrogen) atoms. The molecule has 0 unspecified atom stereocenters. The number of halogens is 2. The van der Waals surface area contributed by atoms with Crippen LogP contribution in [-0.2, 0) is 0 Å². The molecule has 0 aliphatic heterocycles. The number of anilines is 1. The van der Waals surface area contributed by atoms with Gasteiger partial charge in [-0.15, -0.1) is 0 Å². The Morgan fingerprint density at radius 3 is 2.56 bits per heavy atom. The van der Waals surface area contributed by atoms with Crippen LogP contribution in [0.1, 0.15) is 5.56 Å². The Kier molecular flexibility index (Phi) is 3.49. The second-order valence-electron chi connectivity index (χ2n) is 3.49. The Bertz CT molecular complexity index is 637. The average Bonchev–Trinajstić information content (AvgIpc) is 2.38.